The van der Waals surface area contributed by atoms with Crippen LogP contribution >= 0.6 is 11.6 Å². The van der Waals surface area contributed by atoms with Crippen LogP contribution in [0.15, 0.2) is 41.4 Å². The Labute approximate surface area is 174 Å². The van der Waals surface area contributed by atoms with Crippen molar-refractivity contribution in [3.63, 3.8) is 0 Å². The normalized spacial score (nSPS) is 28.9. The SMILES string of the molecule is CC1(O)C2CCC1CC(S(=O)(=O)c1cc(C(=O)Nc3cccnn3)ccc1Cl)C2. The molecule has 29 heavy (non-hydrogen) atoms. The van der Waals surface area contributed by atoms with Crippen molar-refractivity contribution in [2.45, 2.75) is 48.4 Å². The third-order valence-corrected chi connectivity index (χ3v) is 9.02. The van der Waals surface area contributed by atoms with Crippen LogP contribution in [-0.2, 0) is 9.84 Å². The molecule has 1 heterocycles. The monoisotopic (exact) mass is 435 g/mol. The van der Waals surface area contributed by atoms with Crippen molar-refractivity contribution < 1.29 is 18.3 Å². The zero-order chi connectivity index (χ0) is 20.8. The van der Waals surface area contributed by atoms with E-state index in [1.807, 2.05) is 6.92 Å². The number of halogens is 1. The molecule has 7 nitrogen and oxygen atoms in total. The molecule has 0 saturated heterocycles. The molecule has 2 N–H and O–H groups in total. The molecule has 9 heteroatoms. The van der Waals surface area contributed by atoms with Gasteiger partial charge in [0.2, 0.25) is 0 Å². The Balaban J connectivity index is 1.61. The quantitative estimate of drug-likeness (QED) is 0.763. The smallest absolute Gasteiger partial charge is 0.256 e. The maximum atomic E-state index is 13.4. The van der Waals surface area contributed by atoms with Gasteiger partial charge in [-0.2, -0.15) is 5.10 Å². The number of aliphatic hydroxyl groups is 1. The summed E-state index contributed by atoms with van der Waals surface area (Å²) in [4.78, 5) is 12.5. The van der Waals surface area contributed by atoms with Crippen molar-refractivity contribution in [2.24, 2.45) is 11.8 Å². The molecule has 2 aliphatic carbocycles. The Bertz CT molecular complexity index is 1030. The minimum absolute atomic E-state index is 0.0389. The van der Waals surface area contributed by atoms with Gasteiger partial charge in [0.25, 0.3) is 5.91 Å². The minimum Gasteiger partial charge on any atom is -0.390 e. The van der Waals surface area contributed by atoms with Crippen molar-refractivity contribution >= 4 is 33.2 Å². The molecule has 4 rings (SSSR count). The molecule has 2 aromatic rings. The highest BCUT2D eigenvalue weighted by molar-refractivity contribution is 7.92. The first-order chi connectivity index (χ1) is 13.7. The number of anilines is 1. The van der Waals surface area contributed by atoms with Crippen LogP contribution in [0.2, 0.25) is 5.02 Å². The number of carbonyl (C=O) groups excluding carboxylic acids is 1. The van der Waals surface area contributed by atoms with Crippen LogP contribution < -0.4 is 5.32 Å². The van der Waals surface area contributed by atoms with E-state index in [-0.39, 0.29) is 33.1 Å². The second-order valence-electron chi connectivity index (χ2n) is 8.04. The lowest BCUT2D eigenvalue weighted by atomic mass is 9.76. The van der Waals surface area contributed by atoms with Gasteiger partial charge >= 0.3 is 0 Å². The van der Waals surface area contributed by atoms with Crippen molar-refractivity contribution in [3.05, 3.63) is 47.1 Å². The Morgan fingerprint density at radius 1 is 1.24 bits per heavy atom. The molecule has 2 aliphatic rings. The Hall–Kier alpha value is -2.03. The van der Waals surface area contributed by atoms with Crippen LogP contribution in [0.25, 0.3) is 0 Å². The average Bonchev–Trinajstić information content (AvgIpc) is 2.86. The van der Waals surface area contributed by atoms with Gasteiger partial charge in [-0.15, -0.1) is 5.10 Å². The van der Waals surface area contributed by atoms with E-state index in [4.69, 9.17) is 11.6 Å². The highest BCUT2D eigenvalue weighted by atomic mass is 35.5. The first-order valence-electron chi connectivity index (χ1n) is 9.54. The standard InChI is InChI=1S/C20H22ClN3O4S/c1-20(26)13-5-6-14(20)11-15(10-13)29(27,28)17-9-12(4-7-16(17)21)19(25)23-18-3-2-8-22-24-18/h2-4,7-9,13-15,26H,5-6,10-11H2,1H3,(H,23,24,25). The van der Waals surface area contributed by atoms with Crippen molar-refractivity contribution in [3.8, 4) is 0 Å². The van der Waals surface area contributed by atoms with E-state index in [2.05, 4.69) is 15.5 Å². The summed E-state index contributed by atoms with van der Waals surface area (Å²) >= 11 is 6.23. The summed E-state index contributed by atoms with van der Waals surface area (Å²) in [6.07, 6.45) is 3.95. The molecular weight excluding hydrogens is 414 g/mol. The predicted octanol–water partition coefficient (Wildman–Crippen LogP) is 3.10. The number of amides is 1. The van der Waals surface area contributed by atoms with Crippen molar-refractivity contribution in [1.29, 1.82) is 0 Å². The minimum atomic E-state index is -3.75. The Kier molecular flexibility index (Phi) is 5.13. The first kappa shape index (κ1) is 20.3. The fourth-order valence-corrected chi connectivity index (χ4v) is 7.02. The first-order valence-corrected chi connectivity index (χ1v) is 11.5. The van der Waals surface area contributed by atoms with E-state index in [0.717, 1.165) is 12.8 Å². The van der Waals surface area contributed by atoms with E-state index < -0.39 is 26.6 Å². The van der Waals surface area contributed by atoms with Gasteiger partial charge in [0, 0.05) is 11.8 Å². The summed E-state index contributed by atoms with van der Waals surface area (Å²) < 4.78 is 26.7. The molecule has 0 radical (unpaired) electrons. The van der Waals surface area contributed by atoms with E-state index in [0.29, 0.717) is 12.8 Å². The van der Waals surface area contributed by atoms with Gasteiger partial charge in [0.05, 0.1) is 20.8 Å². The molecule has 2 atom stereocenters. The molecule has 0 spiro atoms. The van der Waals surface area contributed by atoms with Crippen LogP contribution in [0.5, 0.6) is 0 Å². The van der Waals surface area contributed by atoms with Crippen molar-refractivity contribution in [2.75, 3.05) is 5.32 Å². The summed E-state index contributed by atoms with van der Waals surface area (Å²) in [5, 5.41) is 20.2. The third kappa shape index (κ3) is 3.65. The Morgan fingerprint density at radius 3 is 2.55 bits per heavy atom. The number of nitrogens with one attached hydrogen (secondary N) is 1. The number of fused-ring (bicyclic) bond motifs is 2. The second kappa shape index (κ2) is 7.34. The van der Waals surface area contributed by atoms with E-state index in [1.54, 1.807) is 12.1 Å². The number of nitrogens with zero attached hydrogens (tertiary/aromatic N) is 2. The van der Waals surface area contributed by atoms with Crippen LogP contribution in [0.1, 0.15) is 43.0 Å². The number of rotatable bonds is 4. The molecule has 2 saturated carbocycles. The lowest BCUT2D eigenvalue weighted by Crippen LogP contribution is -2.45. The van der Waals surface area contributed by atoms with Crippen LogP contribution in [0, 0.1) is 11.8 Å². The van der Waals surface area contributed by atoms with Crippen LogP contribution in [0.3, 0.4) is 0 Å². The van der Waals surface area contributed by atoms with Gasteiger partial charge < -0.3 is 10.4 Å². The van der Waals surface area contributed by atoms with Crippen LogP contribution in [0.4, 0.5) is 5.82 Å². The van der Waals surface area contributed by atoms with Gasteiger partial charge in [-0.25, -0.2) is 8.42 Å². The van der Waals surface area contributed by atoms with Gasteiger partial charge in [-0.1, -0.05) is 11.6 Å². The number of hydrogen-bond donors (Lipinski definition) is 2. The average molecular weight is 436 g/mol. The maximum Gasteiger partial charge on any atom is 0.256 e. The third-order valence-electron chi connectivity index (χ3n) is 6.36. The molecule has 2 bridgehead atoms. The van der Waals surface area contributed by atoms with E-state index >= 15 is 0 Å². The molecule has 1 aromatic carbocycles. The summed E-state index contributed by atoms with van der Waals surface area (Å²) in [6.45, 7) is 1.81. The second-order valence-corrected chi connectivity index (χ2v) is 10.6. The molecule has 0 aliphatic heterocycles. The number of carbonyl (C=O) groups is 1. The number of hydrogen-bond acceptors (Lipinski definition) is 6. The number of sulfone groups is 1. The van der Waals surface area contributed by atoms with Gasteiger partial charge in [0.15, 0.2) is 15.7 Å². The lowest BCUT2D eigenvalue weighted by Gasteiger charge is -2.40. The van der Waals surface area contributed by atoms with Crippen molar-refractivity contribution in [1.82, 2.24) is 10.2 Å². The molecule has 2 unspecified atom stereocenters. The summed E-state index contributed by atoms with van der Waals surface area (Å²) in [6, 6.07) is 7.43. The lowest BCUT2D eigenvalue weighted by molar-refractivity contribution is -0.0413. The molecule has 1 amide bonds. The van der Waals surface area contributed by atoms with Gasteiger partial charge in [-0.05, 0) is 74.8 Å². The van der Waals surface area contributed by atoms with E-state index in [1.165, 1.54) is 24.4 Å². The molecule has 2 fully saturated rings. The van der Waals surface area contributed by atoms with Gasteiger partial charge in [0.1, 0.15) is 0 Å². The Morgan fingerprint density at radius 2 is 1.93 bits per heavy atom. The number of aromatic nitrogens is 2. The van der Waals surface area contributed by atoms with Crippen LogP contribution in [-0.4, -0.2) is 40.5 Å². The molecular formula is C20H22ClN3O4S. The highest BCUT2D eigenvalue weighted by Crippen LogP contribution is 2.51. The fourth-order valence-electron chi connectivity index (χ4n) is 4.62. The summed E-state index contributed by atoms with van der Waals surface area (Å²) in [5.41, 5.74) is -0.640. The zero-order valence-electron chi connectivity index (χ0n) is 15.9. The summed E-state index contributed by atoms with van der Waals surface area (Å²) in [7, 11) is -3.75. The zero-order valence-corrected chi connectivity index (χ0v) is 17.4. The topological polar surface area (TPSA) is 109 Å². The summed E-state index contributed by atoms with van der Waals surface area (Å²) in [5.74, 6) is -0.306. The fraction of sp³-hybridized carbons (Fsp3) is 0.450. The van der Waals surface area contributed by atoms with Gasteiger partial charge in [-0.3, -0.25) is 4.79 Å². The largest absolute Gasteiger partial charge is 0.390 e. The molecule has 1 aromatic heterocycles. The van der Waals surface area contributed by atoms with E-state index in [9.17, 15) is 18.3 Å². The molecule has 154 valence electrons. The number of benzene rings is 1. The predicted molar refractivity (Wildman–Crippen MR) is 108 cm³/mol. The highest BCUT2D eigenvalue weighted by Gasteiger charge is 2.53. The maximum absolute atomic E-state index is 13.4.